The molecule has 0 N–H and O–H groups in total. The van der Waals surface area contributed by atoms with Gasteiger partial charge in [0.05, 0.1) is 0 Å². The molecule has 8 aromatic carbocycles. The topological polar surface area (TPSA) is 9.86 Å². The lowest BCUT2D eigenvalue weighted by Crippen LogP contribution is -2.76. The van der Waals surface area contributed by atoms with E-state index >= 15 is 0 Å². The number of hydrogen-bond acceptors (Lipinski definition) is 0. The molecular formula is C57H44N2Si. The van der Waals surface area contributed by atoms with Crippen LogP contribution in [0.4, 0.5) is 0 Å². The van der Waals surface area contributed by atoms with Gasteiger partial charge in [-0.3, -0.25) is 0 Å². The van der Waals surface area contributed by atoms with E-state index in [0.717, 1.165) is 11.4 Å². The molecule has 3 heteroatoms. The fourth-order valence-electron chi connectivity index (χ4n) is 9.26. The van der Waals surface area contributed by atoms with Crippen LogP contribution in [0.15, 0.2) is 249 Å². The average molecular weight is 785 g/mol. The molecular weight excluding hydrogens is 741 g/mol. The second kappa shape index (κ2) is 16.1. The quantitative estimate of drug-likeness (QED) is 0.0966. The molecule has 0 fully saturated rings. The smallest absolute Gasteiger partial charge is 0.200 e. The Morgan fingerprint density at radius 1 is 0.317 bits per heavy atom. The number of rotatable bonds is 10. The van der Waals surface area contributed by atoms with Gasteiger partial charge in [-0.05, 0) is 75.1 Å². The van der Waals surface area contributed by atoms with Crippen molar-refractivity contribution in [1.82, 2.24) is 9.13 Å². The highest BCUT2D eigenvalue weighted by atomic mass is 28.3. The van der Waals surface area contributed by atoms with Crippen LogP contribution in [-0.2, 0) is 0 Å². The van der Waals surface area contributed by atoms with Gasteiger partial charge in [-0.25, -0.2) is 0 Å². The maximum atomic E-state index is 2.52. The van der Waals surface area contributed by atoms with Gasteiger partial charge in [0.15, 0.2) is 8.07 Å². The van der Waals surface area contributed by atoms with E-state index in [-0.39, 0.29) is 0 Å². The molecule has 60 heavy (non-hydrogen) atoms. The molecule has 10 aromatic rings. The molecule has 10 rings (SSSR count). The highest BCUT2D eigenvalue weighted by Crippen LogP contribution is 2.41. The van der Waals surface area contributed by atoms with E-state index < -0.39 is 8.07 Å². The molecule has 0 aliphatic rings. The Hall–Kier alpha value is -7.46. The molecule has 2 aromatic heterocycles. The van der Waals surface area contributed by atoms with Gasteiger partial charge in [-0.2, -0.15) is 0 Å². The summed E-state index contributed by atoms with van der Waals surface area (Å²) in [5.41, 5.74) is 13.1. The first kappa shape index (κ1) is 36.8. The van der Waals surface area contributed by atoms with Crippen molar-refractivity contribution in [1.29, 1.82) is 0 Å². The van der Waals surface area contributed by atoms with Crippen LogP contribution in [0.3, 0.4) is 0 Å². The van der Waals surface area contributed by atoms with E-state index in [1.807, 2.05) is 0 Å². The van der Waals surface area contributed by atoms with Gasteiger partial charge < -0.3 is 9.13 Å². The summed E-state index contributed by atoms with van der Waals surface area (Å²) in [4.78, 5) is 0. The second-order valence-electron chi connectivity index (χ2n) is 15.3. The predicted molar refractivity (Wildman–Crippen MR) is 255 cm³/mol. The van der Waals surface area contributed by atoms with E-state index in [2.05, 4.69) is 265 Å². The van der Waals surface area contributed by atoms with Gasteiger partial charge in [0.2, 0.25) is 0 Å². The first-order chi connectivity index (χ1) is 29.7. The molecule has 286 valence electrons. The van der Waals surface area contributed by atoms with Crippen LogP contribution in [0.1, 0.15) is 5.69 Å². The zero-order chi connectivity index (χ0) is 40.3. The third-order valence-corrected chi connectivity index (χ3v) is 16.7. The molecule has 0 aliphatic carbocycles. The summed E-state index contributed by atoms with van der Waals surface area (Å²) in [6.45, 7) is 2.24. The van der Waals surface area contributed by atoms with Crippen molar-refractivity contribution in [3.63, 3.8) is 0 Å². The molecule has 0 saturated heterocycles. The molecule has 0 bridgehead atoms. The fourth-order valence-corrected chi connectivity index (χ4v) is 14.4. The first-order valence-corrected chi connectivity index (χ1v) is 22.7. The molecule has 2 heterocycles. The van der Waals surface area contributed by atoms with Gasteiger partial charge in [-0.1, -0.05) is 206 Å². The van der Waals surface area contributed by atoms with Crippen molar-refractivity contribution in [3.05, 3.63) is 255 Å². The van der Waals surface area contributed by atoms with Crippen LogP contribution in [0.2, 0.25) is 0 Å². The third kappa shape index (κ3) is 6.46. The normalized spacial score (nSPS) is 11.4. The predicted octanol–water partition coefficient (Wildman–Crippen LogP) is 11.6. The van der Waals surface area contributed by atoms with Crippen LogP contribution in [0, 0.1) is 6.92 Å². The second-order valence-corrected chi connectivity index (χ2v) is 19.0. The number of hydrogen-bond donors (Lipinski definition) is 0. The Morgan fingerprint density at radius 2 is 0.650 bits per heavy atom. The highest BCUT2D eigenvalue weighted by Gasteiger charge is 2.46. The monoisotopic (exact) mass is 784 g/mol. The highest BCUT2D eigenvalue weighted by molar-refractivity contribution is 7.20. The third-order valence-electron chi connectivity index (χ3n) is 11.9. The Kier molecular flexibility index (Phi) is 9.86. The lowest BCUT2D eigenvalue weighted by Gasteiger charge is -2.36. The Labute approximate surface area is 354 Å². The number of para-hydroxylation sites is 2. The summed E-state index contributed by atoms with van der Waals surface area (Å²) in [5.74, 6) is 0. The van der Waals surface area contributed by atoms with Gasteiger partial charge in [0.1, 0.15) is 0 Å². The van der Waals surface area contributed by atoms with Crippen LogP contribution < -0.4 is 20.9 Å². The maximum Gasteiger partial charge on any atom is 0.200 e. The molecule has 0 amide bonds. The number of benzene rings is 8. The van der Waals surface area contributed by atoms with Crippen molar-refractivity contribution in [2.45, 2.75) is 6.92 Å². The van der Waals surface area contributed by atoms with E-state index in [4.69, 9.17) is 0 Å². The molecule has 2 nitrogen and oxygen atoms in total. The van der Waals surface area contributed by atoms with E-state index in [9.17, 15) is 0 Å². The standard InChI is InChI=1S/C57H44N2Si/c1-43-55(44-24-9-2-10-25-44)53(41-58(43)48-30-13-4-14-31-48)46-28-23-29-47(40-46)54-42-59(49-32-15-5-16-33-49)57(56(54)45-26-11-3-12-27-45)60(50-34-17-6-18-35-50,51-36-19-7-20-37-51)52-38-21-8-22-39-52/h2-42H,1H3. The molecule has 0 aliphatic heterocycles. The van der Waals surface area contributed by atoms with Crippen molar-refractivity contribution in [2.24, 2.45) is 0 Å². The summed E-state index contributed by atoms with van der Waals surface area (Å²) in [5, 5.41) is 5.32. The zero-order valence-electron chi connectivity index (χ0n) is 33.6. The fraction of sp³-hybridized carbons (Fsp3) is 0.0175. The lowest BCUT2D eigenvalue weighted by atomic mass is 9.93. The van der Waals surface area contributed by atoms with Crippen molar-refractivity contribution >= 4 is 29.0 Å². The zero-order valence-corrected chi connectivity index (χ0v) is 34.6. The minimum absolute atomic E-state index is 1.13. The van der Waals surface area contributed by atoms with E-state index in [0.29, 0.717) is 0 Å². The summed E-state index contributed by atoms with van der Waals surface area (Å²) >= 11 is 0. The summed E-state index contributed by atoms with van der Waals surface area (Å²) in [6.07, 6.45) is 4.74. The SMILES string of the molecule is Cc1c(-c2ccccc2)c(-c2cccc(-c3cn(-c4ccccc4)c([Si](c4ccccc4)(c4ccccc4)c4ccccc4)c3-c3ccccc3)c2)cn1-c1ccccc1. The number of nitrogens with zero attached hydrogens (tertiary/aromatic N) is 2. The lowest BCUT2D eigenvalue weighted by molar-refractivity contribution is 1.02. The van der Waals surface area contributed by atoms with Crippen LogP contribution >= 0.6 is 0 Å². The van der Waals surface area contributed by atoms with Crippen molar-refractivity contribution < 1.29 is 0 Å². The van der Waals surface area contributed by atoms with Crippen LogP contribution in [0.5, 0.6) is 0 Å². The largest absolute Gasteiger partial charge is 0.323 e. The van der Waals surface area contributed by atoms with Gasteiger partial charge in [0.25, 0.3) is 0 Å². The van der Waals surface area contributed by atoms with E-state index in [1.165, 1.54) is 71.1 Å². The molecule has 0 spiro atoms. The molecule has 0 atom stereocenters. The minimum atomic E-state index is -3.08. The molecule has 0 saturated carbocycles. The molecule has 0 unspecified atom stereocenters. The van der Waals surface area contributed by atoms with Crippen molar-refractivity contribution in [3.8, 4) is 55.9 Å². The summed E-state index contributed by atoms with van der Waals surface area (Å²) in [6, 6.07) is 86.5. The molecule has 0 radical (unpaired) electrons. The van der Waals surface area contributed by atoms with E-state index in [1.54, 1.807) is 0 Å². The first-order valence-electron chi connectivity index (χ1n) is 20.7. The summed E-state index contributed by atoms with van der Waals surface area (Å²) < 4.78 is 4.86. The van der Waals surface area contributed by atoms with Crippen LogP contribution in [-0.4, -0.2) is 17.2 Å². The Bertz CT molecular complexity index is 2900. The van der Waals surface area contributed by atoms with Gasteiger partial charge >= 0.3 is 0 Å². The average Bonchev–Trinajstić information content (AvgIpc) is 3.90. The van der Waals surface area contributed by atoms with Crippen LogP contribution in [0.25, 0.3) is 55.9 Å². The van der Waals surface area contributed by atoms with Crippen molar-refractivity contribution in [2.75, 3.05) is 0 Å². The van der Waals surface area contributed by atoms with Gasteiger partial charge in [0, 0.05) is 57.0 Å². The van der Waals surface area contributed by atoms with Gasteiger partial charge in [-0.15, -0.1) is 0 Å². The Morgan fingerprint density at radius 3 is 1.10 bits per heavy atom. The maximum absolute atomic E-state index is 3.08. The number of aromatic nitrogens is 2. The summed E-state index contributed by atoms with van der Waals surface area (Å²) in [7, 11) is -3.08. The minimum Gasteiger partial charge on any atom is -0.323 e. The Balaban J connectivity index is 1.31.